The van der Waals surface area contributed by atoms with Gasteiger partial charge in [-0.3, -0.25) is 4.79 Å². The van der Waals surface area contributed by atoms with Crippen molar-refractivity contribution in [2.45, 2.75) is 19.6 Å². The second kappa shape index (κ2) is 8.70. The molecule has 3 N–H and O–H groups in total. The smallest absolute Gasteiger partial charge is 0.252 e. The van der Waals surface area contributed by atoms with E-state index in [1.54, 1.807) is 19.2 Å². The number of ether oxygens (including phenoxy) is 2. The first kappa shape index (κ1) is 18.9. The fourth-order valence-electron chi connectivity index (χ4n) is 2.81. The number of hydrogen-bond donors (Lipinski definition) is 3. The molecule has 1 aromatic heterocycles. The maximum atomic E-state index is 12.2. The summed E-state index contributed by atoms with van der Waals surface area (Å²) >= 11 is 0. The van der Waals surface area contributed by atoms with E-state index < -0.39 is 6.10 Å². The van der Waals surface area contributed by atoms with Crippen LogP contribution in [0.3, 0.4) is 0 Å². The van der Waals surface area contributed by atoms with Crippen molar-refractivity contribution in [1.29, 1.82) is 0 Å². The molecule has 0 spiro atoms. The summed E-state index contributed by atoms with van der Waals surface area (Å²) in [5.41, 5.74) is 2.44. The van der Waals surface area contributed by atoms with E-state index in [1.165, 1.54) is 0 Å². The second-order valence-electron chi connectivity index (χ2n) is 6.49. The minimum atomic E-state index is -0.696. The Labute approximate surface area is 157 Å². The van der Waals surface area contributed by atoms with Crippen LogP contribution in [0.4, 0.5) is 0 Å². The van der Waals surface area contributed by atoms with E-state index in [0.29, 0.717) is 30.2 Å². The first-order valence-electron chi connectivity index (χ1n) is 8.83. The third-order valence-corrected chi connectivity index (χ3v) is 4.26. The zero-order chi connectivity index (χ0) is 19.2. The molecule has 0 unspecified atom stereocenters. The van der Waals surface area contributed by atoms with Crippen molar-refractivity contribution in [3.63, 3.8) is 0 Å². The average molecular weight is 368 g/mol. The third-order valence-electron chi connectivity index (χ3n) is 4.26. The highest BCUT2D eigenvalue weighted by Gasteiger charge is 2.08. The standard InChI is InChI=1S/C21H24N2O4/c1-14-6-7-15-9-16(21(25)23-20(15)8-14)11-22-12-17(24)13-27-19-5-3-4-18(10-19)26-2/h3-10,17,22,24H,11-13H2,1-2H3,(H,23,25)/t17-/m1/s1. The van der Waals surface area contributed by atoms with Crippen molar-refractivity contribution < 1.29 is 14.6 Å². The van der Waals surface area contributed by atoms with Crippen LogP contribution in [0.25, 0.3) is 10.9 Å². The summed E-state index contributed by atoms with van der Waals surface area (Å²) in [5.74, 6) is 1.33. The summed E-state index contributed by atoms with van der Waals surface area (Å²) in [6.07, 6.45) is -0.696. The molecule has 0 saturated heterocycles. The molecule has 0 aliphatic heterocycles. The van der Waals surface area contributed by atoms with Crippen LogP contribution in [0.2, 0.25) is 0 Å². The summed E-state index contributed by atoms with van der Waals surface area (Å²) in [4.78, 5) is 15.1. The Hall–Kier alpha value is -2.83. The Morgan fingerprint density at radius 2 is 1.96 bits per heavy atom. The molecule has 1 atom stereocenters. The predicted molar refractivity (Wildman–Crippen MR) is 106 cm³/mol. The number of aliphatic hydroxyl groups excluding tert-OH is 1. The lowest BCUT2D eigenvalue weighted by Crippen LogP contribution is -2.32. The molecule has 27 heavy (non-hydrogen) atoms. The number of pyridine rings is 1. The molecule has 0 aliphatic rings. The molecule has 0 fully saturated rings. The maximum absolute atomic E-state index is 12.2. The molecule has 0 amide bonds. The monoisotopic (exact) mass is 368 g/mol. The van der Waals surface area contributed by atoms with Gasteiger partial charge in [0.1, 0.15) is 24.2 Å². The molecule has 0 aliphatic carbocycles. The molecule has 0 saturated carbocycles. The van der Waals surface area contributed by atoms with E-state index in [2.05, 4.69) is 10.3 Å². The van der Waals surface area contributed by atoms with E-state index in [1.807, 2.05) is 43.3 Å². The summed E-state index contributed by atoms with van der Waals surface area (Å²) < 4.78 is 10.7. The highest BCUT2D eigenvalue weighted by Crippen LogP contribution is 2.18. The minimum absolute atomic E-state index is 0.122. The number of aryl methyl sites for hydroxylation is 1. The van der Waals surface area contributed by atoms with Crippen molar-refractivity contribution in [2.24, 2.45) is 0 Å². The molecule has 1 heterocycles. The number of rotatable bonds is 8. The van der Waals surface area contributed by atoms with Crippen molar-refractivity contribution in [2.75, 3.05) is 20.3 Å². The Kier molecular flexibility index (Phi) is 6.11. The van der Waals surface area contributed by atoms with E-state index in [0.717, 1.165) is 16.5 Å². The summed E-state index contributed by atoms with van der Waals surface area (Å²) in [6.45, 7) is 2.82. The molecule has 0 bridgehead atoms. The molecular formula is C21H24N2O4. The van der Waals surface area contributed by atoms with Crippen LogP contribution < -0.4 is 20.3 Å². The van der Waals surface area contributed by atoms with Crippen LogP contribution in [0, 0.1) is 6.92 Å². The highest BCUT2D eigenvalue weighted by atomic mass is 16.5. The van der Waals surface area contributed by atoms with Crippen molar-refractivity contribution in [3.05, 3.63) is 70.0 Å². The number of aromatic amines is 1. The van der Waals surface area contributed by atoms with E-state index in [9.17, 15) is 9.90 Å². The summed E-state index contributed by atoms with van der Waals surface area (Å²) in [7, 11) is 1.59. The summed E-state index contributed by atoms with van der Waals surface area (Å²) in [5, 5.41) is 14.2. The number of methoxy groups -OCH3 is 1. The van der Waals surface area contributed by atoms with E-state index in [4.69, 9.17) is 9.47 Å². The molecule has 3 aromatic rings. The van der Waals surface area contributed by atoms with Crippen LogP contribution in [-0.4, -0.2) is 36.5 Å². The first-order chi connectivity index (χ1) is 13.0. The van der Waals surface area contributed by atoms with Gasteiger partial charge in [-0.15, -0.1) is 0 Å². The molecular weight excluding hydrogens is 344 g/mol. The first-order valence-corrected chi connectivity index (χ1v) is 8.83. The Morgan fingerprint density at radius 3 is 2.78 bits per heavy atom. The lowest BCUT2D eigenvalue weighted by Gasteiger charge is -2.14. The zero-order valence-electron chi connectivity index (χ0n) is 15.5. The zero-order valence-corrected chi connectivity index (χ0v) is 15.5. The molecule has 2 aromatic carbocycles. The van der Waals surface area contributed by atoms with Gasteiger partial charge < -0.3 is 24.9 Å². The minimum Gasteiger partial charge on any atom is -0.497 e. The Bertz CT molecular complexity index is 968. The SMILES string of the molecule is COc1cccc(OC[C@H](O)CNCc2cc3ccc(C)cc3[nH]c2=O)c1. The fourth-order valence-corrected chi connectivity index (χ4v) is 2.81. The number of aliphatic hydroxyl groups is 1. The van der Waals surface area contributed by atoms with Crippen LogP contribution in [-0.2, 0) is 6.54 Å². The average Bonchev–Trinajstić information content (AvgIpc) is 2.67. The van der Waals surface area contributed by atoms with Gasteiger partial charge in [-0.05, 0) is 42.1 Å². The molecule has 6 nitrogen and oxygen atoms in total. The van der Waals surface area contributed by atoms with Crippen LogP contribution in [0.15, 0.2) is 53.3 Å². The number of fused-ring (bicyclic) bond motifs is 1. The quantitative estimate of drug-likeness (QED) is 0.569. The van der Waals surface area contributed by atoms with Crippen molar-refractivity contribution in [3.8, 4) is 11.5 Å². The van der Waals surface area contributed by atoms with Gasteiger partial charge in [0.05, 0.1) is 7.11 Å². The largest absolute Gasteiger partial charge is 0.497 e. The van der Waals surface area contributed by atoms with Crippen LogP contribution in [0.1, 0.15) is 11.1 Å². The molecule has 6 heteroatoms. The van der Waals surface area contributed by atoms with Crippen LogP contribution >= 0.6 is 0 Å². The number of H-pyrrole nitrogens is 1. The topological polar surface area (TPSA) is 83.6 Å². The van der Waals surface area contributed by atoms with E-state index >= 15 is 0 Å². The highest BCUT2D eigenvalue weighted by molar-refractivity contribution is 5.79. The Morgan fingerprint density at radius 1 is 1.15 bits per heavy atom. The normalized spacial score (nSPS) is 12.1. The van der Waals surface area contributed by atoms with Gasteiger partial charge >= 0.3 is 0 Å². The van der Waals surface area contributed by atoms with Crippen LogP contribution in [0.5, 0.6) is 11.5 Å². The van der Waals surface area contributed by atoms with E-state index in [-0.39, 0.29) is 12.2 Å². The summed E-state index contributed by atoms with van der Waals surface area (Å²) in [6, 6.07) is 15.0. The fraction of sp³-hybridized carbons (Fsp3) is 0.286. The van der Waals surface area contributed by atoms with Crippen molar-refractivity contribution in [1.82, 2.24) is 10.3 Å². The van der Waals surface area contributed by atoms with Gasteiger partial charge in [0, 0.05) is 30.2 Å². The number of aromatic nitrogens is 1. The van der Waals surface area contributed by atoms with Gasteiger partial charge in [0.2, 0.25) is 0 Å². The third kappa shape index (κ3) is 5.09. The lowest BCUT2D eigenvalue weighted by molar-refractivity contribution is 0.106. The molecule has 3 rings (SSSR count). The number of benzene rings is 2. The van der Waals surface area contributed by atoms with Gasteiger partial charge in [-0.1, -0.05) is 18.2 Å². The lowest BCUT2D eigenvalue weighted by atomic mass is 10.1. The maximum Gasteiger partial charge on any atom is 0.252 e. The molecule has 142 valence electrons. The van der Waals surface area contributed by atoms with Gasteiger partial charge in [0.15, 0.2) is 0 Å². The Balaban J connectivity index is 1.51. The van der Waals surface area contributed by atoms with Gasteiger partial charge in [0.25, 0.3) is 5.56 Å². The van der Waals surface area contributed by atoms with Gasteiger partial charge in [-0.25, -0.2) is 0 Å². The predicted octanol–water partition coefficient (Wildman–Crippen LogP) is 2.37. The van der Waals surface area contributed by atoms with Crippen molar-refractivity contribution >= 4 is 10.9 Å². The molecule has 0 radical (unpaired) electrons. The van der Waals surface area contributed by atoms with Gasteiger partial charge in [-0.2, -0.15) is 0 Å². The number of hydrogen-bond acceptors (Lipinski definition) is 5. The second-order valence-corrected chi connectivity index (χ2v) is 6.49. The number of nitrogens with one attached hydrogen (secondary N) is 2.